The van der Waals surface area contributed by atoms with Crippen molar-refractivity contribution in [2.75, 3.05) is 5.32 Å². The number of nitrogens with one attached hydrogen (secondary N) is 2. The molecule has 2 saturated heterocycles. The van der Waals surface area contributed by atoms with Gasteiger partial charge in [-0.1, -0.05) is 18.6 Å². The Labute approximate surface area is 163 Å². The minimum absolute atomic E-state index is 0.125. The summed E-state index contributed by atoms with van der Waals surface area (Å²) >= 11 is 0. The van der Waals surface area contributed by atoms with Gasteiger partial charge in [-0.3, -0.25) is 4.90 Å². The third-order valence-corrected chi connectivity index (χ3v) is 5.84. The number of urea groups is 1. The number of carbonyl (C=O) groups excluding carboxylic acids is 1. The summed E-state index contributed by atoms with van der Waals surface area (Å²) < 4.78 is 26.2. The highest BCUT2D eigenvalue weighted by Crippen LogP contribution is 2.35. The molecule has 2 N–H and O–H groups in total. The number of hydrogen-bond acceptors (Lipinski definition) is 2. The van der Waals surface area contributed by atoms with Crippen LogP contribution in [0.3, 0.4) is 0 Å². The predicted molar refractivity (Wildman–Crippen MR) is 105 cm³/mol. The van der Waals surface area contributed by atoms with Crippen LogP contribution in [0.25, 0.3) is 0 Å². The molecule has 2 unspecified atom stereocenters. The number of halogens is 2. The van der Waals surface area contributed by atoms with Crippen LogP contribution in [0.5, 0.6) is 0 Å². The van der Waals surface area contributed by atoms with Gasteiger partial charge in [-0.2, -0.15) is 0 Å². The Balaban J connectivity index is 1.35. The van der Waals surface area contributed by atoms with Crippen molar-refractivity contribution in [3.63, 3.8) is 0 Å². The molecule has 4 rings (SSSR count). The normalized spacial score (nSPS) is 24.6. The van der Waals surface area contributed by atoms with Crippen LogP contribution in [0.2, 0.25) is 0 Å². The van der Waals surface area contributed by atoms with Crippen molar-refractivity contribution in [3.8, 4) is 0 Å². The topological polar surface area (TPSA) is 44.4 Å². The predicted octanol–water partition coefficient (Wildman–Crippen LogP) is 4.67. The minimum Gasteiger partial charge on any atom is -0.335 e. The summed E-state index contributed by atoms with van der Waals surface area (Å²) in [6.45, 7) is 0.824. The van der Waals surface area contributed by atoms with Crippen LogP contribution in [0.1, 0.15) is 37.7 Å². The monoisotopic (exact) mass is 385 g/mol. The molecule has 0 saturated carbocycles. The van der Waals surface area contributed by atoms with Crippen molar-refractivity contribution in [3.05, 3.63) is 65.7 Å². The highest BCUT2D eigenvalue weighted by molar-refractivity contribution is 5.89. The largest absolute Gasteiger partial charge is 0.335 e. The van der Waals surface area contributed by atoms with Gasteiger partial charge in [0.1, 0.15) is 11.6 Å². The van der Waals surface area contributed by atoms with E-state index in [0.717, 1.165) is 37.8 Å². The Hall–Kier alpha value is -2.47. The van der Waals surface area contributed by atoms with E-state index in [4.69, 9.17) is 0 Å². The average molecular weight is 385 g/mol. The number of nitrogens with zero attached hydrogens (tertiary/aromatic N) is 1. The van der Waals surface area contributed by atoms with Crippen LogP contribution < -0.4 is 10.6 Å². The van der Waals surface area contributed by atoms with E-state index in [2.05, 4.69) is 15.5 Å². The van der Waals surface area contributed by atoms with Crippen molar-refractivity contribution in [1.82, 2.24) is 10.2 Å². The second-order valence-electron chi connectivity index (χ2n) is 7.81. The molecule has 4 nitrogen and oxygen atoms in total. The van der Waals surface area contributed by atoms with Crippen molar-refractivity contribution < 1.29 is 13.6 Å². The van der Waals surface area contributed by atoms with E-state index in [1.165, 1.54) is 30.7 Å². The fraction of sp³-hybridized carbons (Fsp3) is 0.409. The molecule has 6 heteroatoms. The molecule has 2 atom stereocenters. The van der Waals surface area contributed by atoms with Gasteiger partial charge in [0.2, 0.25) is 0 Å². The zero-order chi connectivity index (χ0) is 19.5. The summed E-state index contributed by atoms with van der Waals surface area (Å²) in [7, 11) is 0. The number of benzene rings is 2. The van der Waals surface area contributed by atoms with E-state index in [-0.39, 0.29) is 23.7 Å². The van der Waals surface area contributed by atoms with Crippen LogP contribution in [-0.2, 0) is 6.54 Å². The van der Waals surface area contributed by atoms with Crippen LogP contribution in [-0.4, -0.2) is 29.1 Å². The number of rotatable bonds is 4. The summed E-state index contributed by atoms with van der Waals surface area (Å²) in [4.78, 5) is 14.8. The van der Waals surface area contributed by atoms with Gasteiger partial charge in [-0.05, 0) is 67.6 Å². The number of anilines is 1. The lowest BCUT2D eigenvalue weighted by atomic mass is 9.81. The number of amides is 2. The number of fused-ring (bicyclic) bond motifs is 2. The molecular weight excluding hydrogens is 360 g/mol. The number of hydrogen-bond donors (Lipinski definition) is 2. The van der Waals surface area contributed by atoms with E-state index >= 15 is 0 Å². The first-order valence-corrected chi connectivity index (χ1v) is 9.90. The smallest absolute Gasteiger partial charge is 0.319 e. The van der Waals surface area contributed by atoms with Crippen molar-refractivity contribution >= 4 is 11.7 Å². The van der Waals surface area contributed by atoms with Gasteiger partial charge < -0.3 is 10.6 Å². The van der Waals surface area contributed by atoms with E-state index < -0.39 is 0 Å². The second kappa shape index (κ2) is 8.27. The van der Waals surface area contributed by atoms with Crippen molar-refractivity contribution in [2.24, 2.45) is 0 Å². The minimum atomic E-state index is -0.327. The standard InChI is InChI=1S/C22H25F2N3O/c23-16-6-4-15(5-7-16)14-27-20-2-1-3-21(27)13-19(12-20)26-22(28)25-18-10-8-17(24)9-11-18/h4-11,19-21H,1-3,12-14H2,(H2,25,26,28). The summed E-state index contributed by atoms with van der Waals surface area (Å²) in [6.07, 6.45) is 5.28. The molecule has 0 radical (unpaired) electrons. The maximum absolute atomic E-state index is 13.2. The maximum atomic E-state index is 13.2. The highest BCUT2D eigenvalue weighted by Gasteiger charge is 2.38. The van der Waals surface area contributed by atoms with Crippen molar-refractivity contribution in [1.29, 1.82) is 0 Å². The van der Waals surface area contributed by atoms with Gasteiger partial charge in [0.15, 0.2) is 0 Å². The van der Waals surface area contributed by atoms with Gasteiger partial charge in [0.25, 0.3) is 0 Å². The Kier molecular flexibility index (Phi) is 5.57. The maximum Gasteiger partial charge on any atom is 0.319 e. The lowest BCUT2D eigenvalue weighted by molar-refractivity contribution is 0.0200. The molecule has 2 aromatic rings. The van der Waals surface area contributed by atoms with Crippen LogP contribution in [0, 0.1) is 11.6 Å². The van der Waals surface area contributed by atoms with E-state index in [0.29, 0.717) is 17.8 Å². The van der Waals surface area contributed by atoms with Crippen molar-refractivity contribution in [2.45, 2.75) is 56.8 Å². The van der Waals surface area contributed by atoms with Crippen LogP contribution in [0.15, 0.2) is 48.5 Å². The zero-order valence-corrected chi connectivity index (χ0v) is 15.7. The highest BCUT2D eigenvalue weighted by atomic mass is 19.1. The van der Waals surface area contributed by atoms with Crippen LogP contribution >= 0.6 is 0 Å². The molecule has 2 amide bonds. The Morgan fingerprint density at radius 1 is 0.929 bits per heavy atom. The molecule has 148 valence electrons. The lowest BCUT2D eigenvalue weighted by Crippen LogP contribution is -2.56. The lowest BCUT2D eigenvalue weighted by Gasteiger charge is -2.49. The quantitative estimate of drug-likeness (QED) is 0.803. The molecule has 2 aromatic carbocycles. The van der Waals surface area contributed by atoms with Crippen LogP contribution in [0.4, 0.5) is 19.3 Å². The Morgan fingerprint density at radius 2 is 1.50 bits per heavy atom. The fourth-order valence-electron chi connectivity index (χ4n) is 4.54. The zero-order valence-electron chi connectivity index (χ0n) is 15.7. The molecule has 2 aliphatic rings. The summed E-state index contributed by atoms with van der Waals surface area (Å²) in [6, 6.07) is 13.2. The van der Waals surface area contributed by atoms with Gasteiger partial charge in [0.05, 0.1) is 0 Å². The van der Waals surface area contributed by atoms with E-state index in [1.54, 1.807) is 12.1 Å². The first-order valence-electron chi connectivity index (χ1n) is 9.90. The molecule has 28 heavy (non-hydrogen) atoms. The molecule has 2 bridgehead atoms. The summed E-state index contributed by atoms with van der Waals surface area (Å²) in [5.41, 5.74) is 1.70. The fourth-order valence-corrected chi connectivity index (χ4v) is 4.54. The summed E-state index contributed by atoms with van der Waals surface area (Å²) in [5, 5.41) is 5.86. The van der Waals surface area contributed by atoms with Gasteiger partial charge in [-0.25, -0.2) is 13.6 Å². The molecule has 2 fully saturated rings. The Bertz CT molecular complexity index is 796. The first kappa shape index (κ1) is 18.9. The SMILES string of the molecule is O=C(Nc1ccc(F)cc1)NC1CC2CCCC(C1)N2Cc1ccc(F)cc1. The van der Waals surface area contributed by atoms with E-state index in [9.17, 15) is 13.6 Å². The molecule has 0 aromatic heterocycles. The van der Waals surface area contributed by atoms with Gasteiger partial charge in [-0.15, -0.1) is 0 Å². The molecule has 2 aliphatic heterocycles. The summed E-state index contributed by atoms with van der Waals surface area (Å²) in [5.74, 6) is -0.536. The van der Waals surface area contributed by atoms with E-state index in [1.807, 2.05) is 12.1 Å². The molecular formula is C22H25F2N3O. The van der Waals surface area contributed by atoms with Gasteiger partial charge >= 0.3 is 6.03 Å². The molecule has 2 heterocycles. The number of carbonyl (C=O) groups is 1. The third-order valence-electron chi connectivity index (χ3n) is 5.84. The second-order valence-corrected chi connectivity index (χ2v) is 7.81. The number of piperidine rings is 2. The molecule has 0 aliphatic carbocycles. The first-order chi connectivity index (χ1) is 13.6. The third kappa shape index (κ3) is 4.50. The van der Waals surface area contributed by atoms with Gasteiger partial charge in [0, 0.05) is 30.4 Å². The molecule has 0 spiro atoms. The average Bonchev–Trinajstić information content (AvgIpc) is 2.66. The Morgan fingerprint density at radius 3 is 2.11 bits per heavy atom.